The summed E-state index contributed by atoms with van der Waals surface area (Å²) in [4.78, 5) is 10.8. The lowest BCUT2D eigenvalue weighted by Crippen LogP contribution is -1.99. The third-order valence-corrected chi connectivity index (χ3v) is 1.75. The number of anilines is 1. The first kappa shape index (κ1) is 6.29. The van der Waals surface area contributed by atoms with Gasteiger partial charge in [-0.05, 0) is 10.4 Å². The number of rotatable bonds is 0. The van der Waals surface area contributed by atoms with Crippen molar-refractivity contribution in [2.24, 2.45) is 0 Å². The van der Waals surface area contributed by atoms with Gasteiger partial charge in [-0.1, -0.05) is 5.10 Å². The summed E-state index contributed by atoms with van der Waals surface area (Å²) in [6.45, 7) is 0. The van der Waals surface area contributed by atoms with E-state index in [1.54, 1.807) is 0 Å². The van der Waals surface area contributed by atoms with E-state index in [1.807, 2.05) is 0 Å². The molecule has 0 amide bonds. The van der Waals surface area contributed by atoms with Crippen LogP contribution in [0.1, 0.15) is 0 Å². The number of nitrogens with one attached hydrogen (secondary N) is 1. The largest absolute Gasteiger partial charge is 0.382 e. The molecule has 3 rings (SSSR count). The highest BCUT2D eigenvalue weighted by Crippen LogP contribution is 2.14. The molecule has 0 fully saturated rings. The molecule has 64 valence electrons. The lowest BCUT2D eigenvalue weighted by Gasteiger charge is -1.94. The van der Waals surface area contributed by atoms with Crippen molar-refractivity contribution in [2.45, 2.75) is 0 Å². The smallest absolute Gasteiger partial charge is 0.277 e. The standard InChI is InChI=1S/C5H4N8/c6-3-2-4(8-1-7-2)13-5(9-3)10-11-12-13/h1H,(H,7,8)(H2,6,9,10,12). The van der Waals surface area contributed by atoms with Crippen LogP contribution in [0.2, 0.25) is 0 Å². The summed E-state index contributed by atoms with van der Waals surface area (Å²) in [6, 6.07) is 0. The van der Waals surface area contributed by atoms with Crippen molar-refractivity contribution in [3.05, 3.63) is 6.33 Å². The van der Waals surface area contributed by atoms with Crippen molar-refractivity contribution in [3.8, 4) is 0 Å². The predicted octanol–water partition coefficient (Wildman–Crippen LogP) is -1.02. The summed E-state index contributed by atoms with van der Waals surface area (Å²) in [6.07, 6.45) is 1.52. The summed E-state index contributed by atoms with van der Waals surface area (Å²) in [5.74, 6) is 0.687. The zero-order chi connectivity index (χ0) is 8.84. The van der Waals surface area contributed by atoms with Gasteiger partial charge in [0.15, 0.2) is 11.5 Å². The first-order valence-electron chi connectivity index (χ1n) is 3.53. The topological polar surface area (TPSA) is 111 Å². The zero-order valence-electron chi connectivity index (χ0n) is 6.34. The van der Waals surface area contributed by atoms with Crippen molar-refractivity contribution < 1.29 is 0 Å². The summed E-state index contributed by atoms with van der Waals surface area (Å²) >= 11 is 0. The molecule has 8 heteroatoms. The second kappa shape index (κ2) is 1.91. The fraction of sp³-hybridized carbons (Fsp3) is 0. The van der Waals surface area contributed by atoms with E-state index in [9.17, 15) is 0 Å². The van der Waals surface area contributed by atoms with E-state index in [0.29, 0.717) is 22.8 Å². The molecule has 0 saturated carbocycles. The van der Waals surface area contributed by atoms with Crippen LogP contribution in [-0.4, -0.2) is 35.0 Å². The minimum atomic E-state index is 0.342. The molecule has 0 aliphatic rings. The number of aromatic nitrogens is 7. The Morgan fingerprint density at radius 1 is 1.46 bits per heavy atom. The van der Waals surface area contributed by atoms with Crippen molar-refractivity contribution in [3.63, 3.8) is 0 Å². The third-order valence-electron chi connectivity index (χ3n) is 1.75. The number of tetrazole rings is 1. The molecule has 0 aromatic carbocycles. The van der Waals surface area contributed by atoms with Crippen LogP contribution in [0.5, 0.6) is 0 Å². The molecule has 8 nitrogen and oxygen atoms in total. The maximum Gasteiger partial charge on any atom is 0.277 e. The van der Waals surface area contributed by atoms with E-state index in [1.165, 1.54) is 10.8 Å². The van der Waals surface area contributed by atoms with Crippen LogP contribution in [0, 0.1) is 0 Å². The van der Waals surface area contributed by atoms with Crippen LogP contribution in [0.25, 0.3) is 16.9 Å². The van der Waals surface area contributed by atoms with Gasteiger partial charge in [0.2, 0.25) is 0 Å². The van der Waals surface area contributed by atoms with Gasteiger partial charge in [0.05, 0.1) is 6.33 Å². The fourth-order valence-corrected chi connectivity index (χ4v) is 1.19. The van der Waals surface area contributed by atoms with Gasteiger partial charge in [0.25, 0.3) is 5.78 Å². The van der Waals surface area contributed by atoms with E-state index in [4.69, 9.17) is 5.73 Å². The fourth-order valence-electron chi connectivity index (χ4n) is 1.19. The summed E-state index contributed by atoms with van der Waals surface area (Å²) < 4.78 is 1.42. The summed E-state index contributed by atoms with van der Waals surface area (Å²) in [7, 11) is 0. The predicted molar refractivity (Wildman–Crippen MR) is 42.6 cm³/mol. The number of aromatic amines is 1. The molecular weight excluding hydrogens is 172 g/mol. The highest BCUT2D eigenvalue weighted by Gasteiger charge is 2.09. The van der Waals surface area contributed by atoms with Gasteiger partial charge in [-0.3, -0.25) is 0 Å². The van der Waals surface area contributed by atoms with Crippen molar-refractivity contribution in [1.29, 1.82) is 0 Å². The minimum absolute atomic E-state index is 0.342. The Morgan fingerprint density at radius 3 is 3.31 bits per heavy atom. The van der Waals surface area contributed by atoms with Crippen molar-refractivity contribution >= 4 is 22.8 Å². The Morgan fingerprint density at radius 2 is 2.38 bits per heavy atom. The maximum absolute atomic E-state index is 5.63. The molecule has 0 unspecified atom stereocenters. The van der Waals surface area contributed by atoms with E-state index in [-0.39, 0.29) is 0 Å². The van der Waals surface area contributed by atoms with Gasteiger partial charge in [-0.2, -0.15) is 9.50 Å². The number of nitrogens with zero attached hydrogens (tertiary/aromatic N) is 6. The molecule has 3 aromatic rings. The minimum Gasteiger partial charge on any atom is -0.382 e. The lowest BCUT2D eigenvalue weighted by atomic mass is 10.5. The average Bonchev–Trinajstić information content (AvgIpc) is 2.66. The van der Waals surface area contributed by atoms with Gasteiger partial charge in [-0.25, -0.2) is 4.98 Å². The highest BCUT2D eigenvalue weighted by atomic mass is 15.5. The van der Waals surface area contributed by atoms with E-state index in [2.05, 4.69) is 30.5 Å². The molecular formula is C5H4N8. The van der Waals surface area contributed by atoms with Crippen LogP contribution in [0.15, 0.2) is 6.33 Å². The summed E-state index contributed by atoms with van der Waals surface area (Å²) in [5.41, 5.74) is 6.85. The SMILES string of the molecule is Nc1nc2nnnn2c2nc[nH]c12. The zero-order valence-corrected chi connectivity index (χ0v) is 6.34. The molecule has 3 aromatic heterocycles. The maximum atomic E-state index is 5.63. The lowest BCUT2D eigenvalue weighted by molar-refractivity contribution is 0.835. The normalized spacial score (nSPS) is 11.4. The number of imidazole rings is 1. The van der Waals surface area contributed by atoms with Gasteiger partial charge >= 0.3 is 0 Å². The highest BCUT2D eigenvalue weighted by molar-refractivity contribution is 5.82. The Hall–Kier alpha value is -2.25. The van der Waals surface area contributed by atoms with Crippen LogP contribution >= 0.6 is 0 Å². The van der Waals surface area contributed by atoms with Gasteiger partial charge in [0, 0.05) is 0 Å². The van der Waals surface area contributed by atoms with Crippen molar-refractivity contribution in [2.75, 3.05) is 5.73 Å². The van der Waals surface area contributed by atoms with Crippen LogP contribution in [-0.2, 0) is 0 Å². The third kappa shape index (κ3) is 0.662. The quantitative estimate of drug-likeness (QED) is 0.453. The number of hydrogen-bond donors (Lipinski definition) is 2. The van der Waals surface area contributed by atoms with Crippen LogP contribution in [0.4, 0.5) is 5.82 Å². The Labute approximate surface area is 70.8 Å². The number of nitrogen functional groups attached to an aromatic ring is 1. The molecule has 3 N–H and O–H groups in total. The summed E-state index contributed by atoms with van der Waals surface area (Å²) in [5, 5.41) is 10.8. The first-order valence-corrected chi connectivity index (χ1v) is 3.53. The molecule has 3 heterocycles. The second-order valence-electron chi connectivity index (χ2n) is 2.49. The number of fused-ring (bicyclic) bond motifs is 3. The molecule has 0 aliphatic heterocycles. The first-order chi connectivity index (χ1) is 6.36. The van der Waals surface area contributed by atoms with Gasteiger partial charge in [-0.15, -0.1) is 0 Å². The van der Waals surface area contributed by atoms with Crippen molar-refractivity contribution in [1.82, 2.24) is 35.0 Å². The Bertz CT molecular complexity index is 576. The van der Waals surface area contributed by atoms with Gasteiger partial charge in [0.1, 0.15) is 5.52 Å². The van der Waals surface area contributed by atoms with Crippen LogP contribution in [0.3, 0.4) is 0 Å². The second-order valence-corrected chi connectivity index (χ2v) is 2.49. The molecule has 0 aliphatic carbocycles. The van der Waals surface area contributed by atoms with E-state index < -0.39 is 0 Å². The Kier molecular flexibility index (Phi) is 0.925. The van der Waals surface area contributed by atoms with E-state index >= 15 is 0 Å². The molecule has 0 saturated heterocycles. The van der Waals surface area contributed by atoms with E-state index in [0.717, 1.165) is 0 Å². The molecule has 0 bridgehead atoms. The van der Waals surface area contributed by atoms with Gasteiger partial charge < -0.3 is 10.7 Å². The number of nitrogens with two attached hydrogens (primary N) is 1. The monoisotopic (exact) mass is 176 g/mol. The molecule has 13 heavy (non-hydrogen) atoms. The van der Waals surface area contributed by atoms with Crippen LogP contribution < -0.4 is 5.73 Å². The average molecular weight is 176 g/mol. The molecule has 0 radical (unpaired) electrons. The molecule has 0 spiro atoms. The number of hydrogen-bond acceptors (Lipinski definition) is 6. The Balaban J connectivity index is 2.70. The molecule has 0 atom stereocenters. The number of H-pyrrole nitrogens is 1.